The number of piperazine rings is 1. The molecule has 5 atom stereocenters. The number of rotatable bonds is 5. The maximum Gasteiger partial charge on any atom is 0.241 e. The zero-order valence-corrected chi connectivity index (χ0v) is 16.5. The average Bonchev–Trinajstić information content (AvgIpc) is 3.41. The number of amides is 2. The Balaban J connectivity index is 1.40. The molecule has 0 saturated carbocycles. The third-order valence-corrected chi connectivity index (χ3v) is 6.52. The quantitative estimate of drug-likeness (QED) is 0.798. The predicted octanol–water partition coefficient (Wildman–Crippen LogP) is 1.01. The number of nitriles is 1. The minimum absolute atomic E-state index is 0.0111. The molecule has 0 spiro atoms. The Kier molecular flexibility index (Phi) is 5.28. The third-order valence-electron chi connectivity index (χ3n) is 6.52. The van der Waals surface area contributed by atoms with Crippen LogP contribution in [0, 0.1) is 17.1 Å². The van der Waals surface area contributed by atoms with Crippen LogP contribution in [0.1, 0.15) is 37.8 Å². The maximum atomic E-state index is 14.2. The van der Waals surface area contributed by atoms with E-state index in [-0.39, 0.29) is 35.8 Å². The predicted molar refractivity (Wildman–Crippen MR) is 104 cm³/mol. The van der Waals surface area contributed by atoms with Gasteiger partial charge in [-0.25, -0.2) is 4.39 Å². The monoisotopic (exact) mass is 399 g/mol. The first kappa shape index (κ1) is 19.8. The van der Waals surface area contributed by atoms with Crippen molar-refractivity contribution >= 4 is 11.8 Å². The number of likely N-dealkylation sites (tertiary alicyclic amines) is 3. The van der Waals surface area contributed by atoms with Gasteiger partial charge in [-0.2, -0.15) is 5.26 Å². The van der Waals surface area contributed by atoms with Crippen molar-refractivity contribution in [3.05, 3.63) is 35.6 Å². The minimum Gasteiger partial charge on any atom is -0.330 e. The number of hydrogen-bond donors (Lipinski definition) is 1. The summed E-state index contributed by atoms with van der Waals surface area (Å²) in [6.45, 7) is 3.33. The van der Waals surface area contributed by atoms with E-state index in [9.17, 15) is 19.2 Å². The molecule has 3 unspecified atom stereocenters. The van der Waals surface area contributed by atoms with Crippen molar-refractivity contribution in [2.24, 2.45) is 5.73 Å². The molecular weight excluding hydrogens is 373 g/mol. The van der Waals surface area contributed by atoms with Crippen LogP contribution in [0.15, 0.2) is 24.3 Å². The first-order valence-corrected chi connectivity index (χ1v) is 10.2. The van der Waals surface area contributed by atoms with Gasteiger partial charge < -0.3 is 15.5 Å². The van der Waals surface area contributed by atoms with Gasteiger partial charge >= 0.3 is 0 Å². The van der Waals surface area contributed by atoms with Crippen LogP contribution < -0.4 is 5.73 Å². The van der Waals surface area contributed by atoms with Crippen molar-refractivity contribution in [1.82, 2.24) is 14.7 Å². The SMILES string of the molecule is CC(c1ccccc1F)N1C(=O)[C@@H]2CC1CN2C[C@H](N)C(=O)N1CCCC1C#N. The van der Waals surface area contributed by atoms with Gasteiger partial charge in [0, 0.05) is 31.2 Å². The Bertz CT molecular complexity index is 856. The van der Waals surface area contributed by atoms with E-state index in [0.29, 0.717) is 38.0 Å². The first-order chi connectivity index (χ1) is 13.9. The molecule has 2 bridgehead atoms. The van der Waals surface area contributed by atoms with Gasteiger partial charge in [0.2, 0.25) is 11.8 Å². The molecule has 7 nitrogen and oxygen atoms in total. The van der Waals surface area contributed by atoms with Gasteiger partial charge in [0.05, 0.1) is 24.2 Å². The van der Waals surface area contributed by atoms with Crippen LogP contribution in [0.3, 0.4) is 0 Å². The third kappa shape index (κ3) is 3.38. The van der Waals surface area contributed by atoms with Gasteiger partial charge in [0.25, 0.3) is 0 Å². The smallest absolute Gasteiger partial charge is 0.241 e. The second-order valence-corrected chi connectivity index (χ2v) is 8.23. The van der Waals surface area contributed by atoms with E-state index in [2.05, 4.69) is 6.07 Å². The molecule has 3 heterocycles. The largest absolute Gasteiger partial charge is 0.330 e. The second kappa shape index (κ2) is 7.73. The fourth-order valence-electron chi connectivity index (χ4n) is 5.07. The number of nitrogens with zero attached hydrogens (tertiary/aromatic N) is 4. The molecule has 3 aliphatic heterocycles. The Morgan fingerprint density at radius 1 is 1.41 bits per heavy atom. The highest BCUT2D eigenvalue weighted by molar-refractivity contribution is 5.87. The number of carbonyl (C=O) groups excluding carboxylic acids is 2. The van der Waals surface area contributed by atoms with Gasteiger partial charge in [0.1, 0.15) is 11.9 Å². The Hall–Kier alpha value is -2.50. The number of benzene rings is 1. The van der Waals surface area contributed by atoms with Crippen LogP contribution >= 0.6 is 0 Å². The molecule has 1 aromatic rings. The summed E-state index contributed by atoms with van der Waals surface area (Å²) in [6.07, 6.45) is 2.17. The summed E-state index contributed by atoms with van der Waals surface area (Å²) in [4.78, 5) is 31.0. The van der Waals surface area contributed by atoms with Crippen LogP contribution in [0.5, 0.6) is 0 Å². The topological polar surface area (TPSA) is 93.7 Å². The summed E-state index contributed by atoms with van der Waals surface area (Å²) in [5, 5.41) is 9.19. The molecule has 3 saturated heterocycles. The van der Waals surface area contributed by atoms with Gasteiger partial charge in [-0.05, 0) is 32.3 Å². The van der Waals surface area contributed by atoms with Gasteiger partial charge in [0.15, 0.2) is 0 Å². The van der Waals surface area contributed by atoms with E-state index >= 15 is 0 Å². The second-order valence-electron chi connectivity index (χ2n) is 8.23. The number of nitrogens with two attached hydrogens (primary N) is 1. The molecule has 154 valence electrons. The van der Waals surface area contributed by atoms with Crippen molar-refractivity contribution in [3.8, 4) is 6.07 Å². The summed E-state index contributed by atoms with van der Waals surface area (Å²) < 4.78 is 14.2. The Labute approximate surface area is 169 Å². The van der Waals surface area contributed by atoms with E-state index in [1.807, 2.05) is 11.8 Å². The lowest BCUT2D eigenvalue weighted by Gasteiger charge is -2.38. The summed E-state index contributed by atoms with van der Waals surface area (Å²) in [5.41, 5.74) is 6.68. The van der Waals surface area contributed by atoms with Crippen molar-refractivity contribution in [1.29, 1.82) is 5.26 Å². The van der Waals surface area contributed by atoms with Gasteiger partial charge in [-0.1, -0.05) is 18.2 Å². The van der Waals surface area contributed by atoms with Gasteiger partial charge in [-0.15, -0.1) is 0 Å². The normalized spacial score (nSPS) is 28.6. The van der Waals surface area contributed by atoms with Crippen molar-refractivity contribution in [2.45, 2.75) is 56.4 Å². The van der Waals surface area contributed by atoms with Crippen LogP contribution in [0.2, 0.25) is 0 Å². The molecule has 3 aliphatic rings. The lowest BCUT2D eigenvalue weighted by molar-refractivity contribution is -0.141. The zero-order chi connectivity index (χ0) is 20.7. The molecule has 0 aromatic heterocycles. The summed E-state index contributed by atoms with van der Waals surface area (Å²) in [5.74, 6) is -0.564. The Morgan fingerprint density at radius 2 is 2.17 bits per heavy atom. The van der Waals surface area contributed by atoms with Crippen molar-refractivity contribution < 1.29 is 14.0 Å². The van der Waals surface area contributed by atoms with Crippen molar-refractivity contribution in [2.75, 3.05) is 19.6 Å². The summed E-state index contributed by atoms with van der Waals surface area (Å²) >= 11 is 0. The van der Waals surface area contributed by atoms with Crippen LogP contribution in [0.25, 0.3) is 0 Å². The molecule has 29 heavy (non-hydrogen) atoms. The number of hydrogen-bond acceptors (Lipinski definition) is 5. The maximum absolute atomic E-state index is 14.2. The molecular formula is C21H26FN5O2. The standard InChI is InChI=1S/C21H26FN5O2/c1-13(16-6-2-3-7-17(16)22)27-15-9-19(21(27)29)25(11-15)12-18(24)20(28)26-8-4-5-14(26)10-23/h2-3,6-7,13-15,18-19H,4-5,8-9,11-12,24H2,1H3/t13?,14?,15?,18-,19-/m0/s1. The summed E-state index contributed by atoms with van der Waals surface area (Å²) in [6, 6.07) is 6.88. The molecule has 4 rings (SSSR count). The molecule has 2 amide bonds. The lowest BCUT2D eigenvalue weighted by atomic mass is 10.0. The molecule has 1 aromatic carbocycles. The van der Waals surface area contributed by atoms with Crippen LogP contribution in [0.4, 0.5) is 4.39 Å². The fourth-order valence-corrected chi connectivity index (χ4v) is 5.07. The molecule has 2 N–H and O–H groups in total. The van der Waals surface area contributed by atoms with E-state index in [1.165, 1.54) is 6.07 Å². The van der Waals surface area contributed by atoms with Crippen molar-refractivity contribution in [3.63, 3.8) is 0 Å². The highest BCUT2D eigenvalue weighted by Crippen LogP contribution is 2.38. The number of fused-ring (bicyclic) bond motifs is 2. The van der Waals surface area contributed by atoms with E-state index in [0.717, 1.165) is 6.42 Å². The fraction of sp³-hybridized carbons (Fsp3) is 0.571. The molecule has 0 radical (unpaired) electrons. The Morgan fingerprint density at radius 3 is 2.86 bits per heavy atom. The highest BCUT2D eigenvalue weighted by Gasteiger charge is 2.51. The number of halogens is 1. The average molecular weight is 399 g/mol. The molecule has 3 fully saturated rings. The summed E-state index contributed by atoms with van der Waals surface area (Å²) in [7, 11) is 0. The van der Waals surface area contributed by atoms with E-state index in [1.54, 1.807) is 28.0 Å². The highest BCUT2D eigenvalue weighted by atomic mass is 19.1. The zero-order valence-electron chi connectivity index (χ0n) is 16.5. The molecule has 8 heteroatoms. The van der Waals surface area contributed by atoms with E-state index < -0.39 is 12.1 Å². The number of carbonyl (C=O) groups is 2. The van der Waals surface area contributed by atoms with Gasteiger partial charge in [-0.3, -0.25) is 14.5 Å². The van der Waals surface area contributed by atoms with Crippen LogP contribution in [-0.4, -0.2) is 70.3 Å². The minimum atomic E-state index is -0.756. The molecule has 0 aliphatic carbocycles. The van der Waals surface area contributed by atoms with E-state index in [4.69, 9.17) is 5.73 Å². The first-order valence-electron chi connectivity index (χ1n) is 10.2. The van der Waals surface area contributed by atoms with Crippen LogP contribution in [-0.2, 0) is 9.59 Å². The lowest BCUT2D eigenvalue weighted by Crippen LogP contribution is -2.56.